The highest BCUT2D eigenvalue weighted by Crippen LogP contribution is 2.19. The topological polar surface area (TPSA) is 61.4 Å². The van der Waals surface area contributed by atoms with Crippen molar-refractivity contribution in [3.63, 3.8) is 0 Å². The summed E-state index contributed by atoms with van der Waals surface area (Å²) in [7, 11) is -3.44. The predicted octanol–water partition coefficient (Wildman–Crippen LogP) is 2.48. The summed E-state index contributed by atoms with van der Waals surface area (Å²) in [4.78, 5) is 2.67. The molecule has 0 radical (unpaired) electrons. The monoisotopic (exact) mass is 365 g/mol. The Morgan fingerprint density at radius 3 is 2.40 bits per heavy atom. The second-order valence-electron chi connectivity index (χ2n) is 7.36. The van der Waals surface area contributed by atoms with E-state index in [9.17, 15) is 8.42 Å². The van der Waals surface area contributed by atoms with Crippen molar-refractivity contribution >= 4 is 10.0 Å². The van der Waals surface area contributed by atoms with Gasteiger partial charge in [-0.25, -0.2) is 13.1 Å². The lowest BCUT2D eigenvalue weighted by Gasteiger charge is -2.32. The van der Waals surface area contributed by atoms with Gasteiger partial charge in [0, 0.05) is 25.2 Å². The van der Waals surface area contributed by atoms with Crippen molar-refractivity contribution in [2.24, 2.45) is 0 Å². The van der Waals surface area contributed by atoms with Crippen LogP contribution >= 0.6 is 0 Å². The molecule has 0 amide bonds. The summed E-state index contributed by atoms with van der Waals surface area (Å²) in [6.07, 6.45) is 7.11. The van der Waals surface area contributed by atoms with Gasteiger partial charge in [0.15, 0.2) is 0 Å². The van der Waals surface area contributed by atoms with Crippen molar-refractivity contribution in [3.8, 4) is 0 Å². The normalized spacial score (nSPS) is 23.2. The molecule has 140 valence electrons. The molecule has 2 N–H and O–H groups in total. The molecule has 1 aromatic carbocycles. The number of sulfonamides is 1. The van der Waals surface area contributed by atoms with E-state index in [2.05, 4.69) is 21.9 Å². The molecule has 1 heterocycles. The number of nitrogens with zero attached hydrogens (tertiary/aromatic N) is 1. The summed E-state index contributed by atoms with van der Waals surface area (Å²) >= 11 is 0. The van der Waals surface area contributed by atoms with Crippen molar-refractivity contribution in [1.82, 2.24) is 14.9 Å². The zero-order valence-electron chi connectivity index (χ0n) is 15.2. The maximum atomic E-state index is 12.6. The molecule has 0 bridgehead atoms. The first kappa shape index (κ1) is 18.8. The molecule has 1 aromatic rings. The number of likely N-dealkylation sites (N-methyl/N-ethyl adjacent to an activating group) is 1. The van der Waals surface area contributed by atoms with Crippen LogP contribution in [-0.2, 0) is 16.6 Å². The van der Waals surface area contributed by atoms with Crippen LogP contribution < -0.4 is 10.0 Å². The summed E-state index contributed by atoms with van der Waals surface area (Å²) in [6.45, 7) is 5.78. The Morgan fingerprint density at radius 1 is 1.04 bits per heavy atom. The number of hydrogen-bond donors (Lipinski definition) is 2. The Hall–Kier alpha value is -0.950. The number of hydrogen-bond acceptors (Lipinski definition) is 4. The molecule has 1 aliphatic carbocycles. The van der Waals surface area contributed by atoms with E-state index in [0.717, 1.165) is 44.6 Å². The molecule has 1 saturated carbocycles. The molecule has 6 heteroatoms. The summed E-state index contributed by atoms with van der Waals surface area (Å²) in [5.41, 5.74) is 1.14. The van der Waals surface area contributed by atoms with Crippen LogP contribution in [0.1, 0.15) is 51.0 Å². The van der Waals surface area contributed by atoms with E-state index in [1.165, 1.54) is 25.7 Å². The Morgan fingerprint density at radius 2 is 1.72 bits per heavy atom. The number of nitrogens with one attached hydrogen (secondary N) is 2. The zero-order chi connectivity index (χ0) is 17.7. The Balaban J connectivity index is 1.56. The molecule has 2 aliphatic rings. The lowest BCUT2D eigenvalue weighted by atomic mass is 10.1. The van der Waals surface area contributed by atoms with Crippen molar-refractivity contribution in [3.05, 3.63) is 29.8 Å². The second kappa shape index (κ2) is 8.62. The van der Waals surface area contributed by atoms with Crippen molar-refractivity contribution in [2.45, 2.75) is 69.0 Å². The fraction of sp³-hybridized carbons (Fsp3) is 0.684. The molecular weight excluding hydrogens is 334 g/mol. The first-order valence-electron chi connectivity index (χ1n) is 9.64. The highest BCUT2D eigenvalue weighted by atomic mass is 32.2. The quantitative estimate of drug-likeness (QED) is 0.779. The van der Waals surface area contributed by atoms with Crippen LogP contribution in [0.2, 0.25) is 0 Å². The Bertz CT molecular complexity index is 639. The predicted molar refractivity (Wildman–Crippen MR) is 101 cm³/mol. The highest BCUT2D eigenvalue weighted by molar-refractivity contribution is 7.89. The first-order chi connectivity index (χ1) is 12.1. The minimum atomic E-state index is -3.44. The van der Waals surface area contributed by atoms with Gasteiger partial charge in [-0.3, -0.25) is 0 Å². The minimum absolute atomic E-state index is 0.0161. The van der Waals surface area contributed by atoms with Crippen LogP contribution in [0.5, 0.6) is 0 Å². The molecule has 1 atom stereocenters. The standard InChI is InChI=1S/C19H31N3O2S/c1-2-22-13-5-8-18(15-22)21-25(23,24)19-11-9-16(10-12-19)14-20-17-6-3-4-7-17/h9-12,17-18,20-21H,2-8,13-15H2,1H3/t18-/m1/s1. The van der Waals surface area contributed by atoms with Crippen LogP contribution in [0.15, 0.2) is 29.2 Å². The molecule has 3 rings (SSSR count). The van der Waals surface area contributed by atoms with Crippen LogP contribution in [0.4, 0.5) is 0 Å². The van der Waals surface area contributed by atoms with Gasteiger partial charge in [-0.05, 0) is 56.5 Å². The lowest BCUT2D eigenvalue weighted by molar-refractivity contribution is 0.211. The van der Waals surface area contributed by atoms with Crippen molar-refractivity contribution in [1.29, 1.82) is 0 Å². The van der Waals surface area contributed by atoms with Gasteiger partial charge in [-0.2, -0.15) is 0 Å². The number of piperidine rings is 1. The maximum absolute atomic E-state index is 12.6. The average molecular weight is 366 g/mol. The van der Waals surface area contributed by atoms with E-state index in [4.69, 9.17) is 0 Å². The molecule has 0 unspecified atom stereocenters. The third kappa shape index (κ3) is 5.26. The molecule has 0 spiro atoms. The molecule has 5 nitrogen and oxygen atoms in total. The third-order valence-corrected chi connectivity index (χ3v) is 6.99. The Labute approximate surface area is 152 Å². The number of benzene rings is 1. The lowest BCUT2D eigenvalue weighted by Crippen LogP contribution is -2.47. The van der Waals surface area contributed by atoms with Crippen LogP contribution in [0.3, 0.4) is 0 Å². The van der Waals surface area contributed by atoms with E-state index >= 15 is 0 Å². The van der Waals surface area contributed by atoms with Gasteiger partial charge in [0.2, 0.25) is 10.0 Å². The van der Waals surface area contributed by atoms with E-state index < -0.39 is 10.0 Å². The fourth-order valence-corrected chi connectivity index (χ4v) is 5.17. The van der Waals surface area contributed by atoms with E-state index in [-0.39, 0.29) is 6.04 Å². The SMILES string of the molecule is CCN1CCC[C@@H](NS(=O)(=O)c2ccc(CNC3CCCC3)cc2)C1. The molecule has 1 saturated heterocycles. The van der Waals surface area contributed by atoms with Crippen LogP contribution in [-0.4, -0.2) is 45.0 Å². The summed E-state index contributed by atoms with van der Waals surface area (Å²) < 4.78 is 28.1. The van der Waals surface area contributed by atoms with Gasteiger partial charge in [-0.1, -0.05) is 31.9 Å². The maximum Gasteiger partial charge on any atom is 0.240 e. The van der Waals surface area contributed by atoms with E-state index in [1.54, 1.807) is 12.1 Å². The summed E-state index contributed by atoms with van der Waals surface area (Å²) in [5.74, 6) is 0. The van der Waals surface area contributed by atoms with E-state index in [1.807, 2.05) is 12.1 Å². The van der Waals surface area contributed by atoms with Gasteiger partial charge in [0.05, 0.1) is 4.90 Å². The summed E-state index contributed by atoms with van der Waals surface area (Å²) in [5, 5.41) is 3.56. The number of rotatable bonds is 7. The molecule has 1 aliphatic heterocycles. The van der Waals surface area contributed by atoms with Gasteiger partial charge >= 0.3 is 0 Å². The molecule has 2 fully saturated rings. The highest BCUT2D eigenvalue weighted by Gasteiger charge is 2.24. The van der Waals surface area contributed by atoms with Gasteiger partial charge in [0.25, 0.3) is 0 Å². The van der Waals surface area contributed by atoms with Gasteiger partial charge in [-0.15, -0.1) is 0 Å². The van der Waals surface area contributed by atoms with Gasteiger partial charge in [0.1, 0.15) is 0 Å². The third-order valence-electron chi connectivity index (χ3n) is 5.46. The van der Waals surface area contributed by atoms with E-state index in [0.29, 0.717) is 10.9 Å². The summed E-state index contributed by atoms with van der Waals surface area (Å²) in [6, 6.07) is 7.95. The largest absolute Gasteiger partial charge is 0.310 e. The fourth-order valence-electron chi connectivity index (χ4n) is 3.90. The Kier molecular flexibility index (Phi) is 6.49. The average Bonchev–Trinajstić information content (AvgIpc) is 3.14. The first-order valence-corrected chi connectivity index (χ1v) is 11.1. The minimum Gasteiger partial charge on any atom is -0.310 e. The van der Waals surface area contributed by atoms with Crippen LogP contribution in [0.25, 0.3) is 0 Å². The van der Waals surface area contributed by atoms with Gasteiger partial charge < -0.3 is 10.2 Å². The zero-order valence-corrected chi connectivity index (χ0v) is 16.0. The molecule has 0 aromatic heterocycles. The smallest absolute Gasteiger partial charge is 0.240 e. The van der Waals surface area contributed by atoms with Crippen molar-refractivity contribution in [2.75, 3.05) is 19.6 Å². The van der Waals surface area contributed by atoms with Crippen molar-refractivity contribution < 1.29 is 8.42 Å². The molecular formula is C19H31N3O2S. The number of likely N-dealkylation sites (tertiary alicyclic amines) is 1. The second-order valence-corrected chi connectivity index (χ2v) is 9.07. The molecule has 25 heavy (non-hydrogen) atoms. The van der Waals surface area contributed by atoms with Crippen LogP contribution in [0, 0.1) is 0 Å².